The quantitative estimate of drug-likeness (QED) is 0.286. The Morgan fingerprint density at radius 3 is 2.37 bits per heavy atom. The number of halogens is 1. The summed E-state index contributed by atoms with van der Waals surface area (Å²) in [6, 6.07) is 17.2. The standard InChI is InChI=1S/C22H28N4.HI/c1-3-19-10-4-5-11-20(19)17-25-22(23-2)24-16-18-9-8-12-21(15-18)26-13-6-7-14-26;/h4-12,15H,3,13-14,16-17H2,1-2H3,(H2,23,24,25);1H. The number of hydrogen-bond donors (Lipinski definition) is 2. The van der Waals surface area contributed by atoms with Gasteiger partial charge in [0.05, 0.1) is 0 Å². The number of nitrogens with zero attached hydrogens (tertiary/aromatic N) is 2. The van der Waals surface area contributed by atoms with Crippen LogP contribution in [0.2, 0.25) is 0 Å². The normalized spacial score (nSPS) is 13.4. The van der Waals surface area contributed by atoms with E-state index in [0.717, 1.165) is 38.6 Å². The molecule has 2 aromatic carbocycles. The second kappa shape index (κ2) is 11.0. The highest BCUT2D eigenvalue weighted by Gasteiger charge is 2.08. The summed E-state index contributed by atoms with van der Waals surface area (Å²) >= 11 is 0. The fraction of sp³-hybridized carbons (Fsp3) is 0.318. The van der Waals surface area contributed by atoms with Gasteiger partial charge in [-0.25, -0.2) is 0 Å². The van der Waals surface area contributed by atoms with Crippen LogP contribution in [0.25, 0.3) is 0 Å². The highest BCUT2D eigenvalue weighted by molar-refractivity contribution is 14.0. The maximum absolute atomic E-state index is 4.35. The molecule has 144 valence electrons. The molecule has 1 aliphatic rings. The van der Waals surface area contributed by atoms with Gasteiger partial charge in [-0.2, -0.15) is 0 Å². The third-order valence-corrected chi connectivity index (χ3v) is 4.72. The maximum Gasteiger partial charge on any atom is 0.191 e. The fourth-order valence-corrected chi connectivity index (χ4v) is 3.21. The van der Waals surface area contributed by atoms with Crippen LogP contribution >= 0.6 is 24.0 Å². The van der Waals surface area contributed by atoms with E-state index in [1.807, 2.05) is 7.05 Å². The molecule has 0 saturated carbocycles. The Morgan fingerprint density at radius 1 is 0.963 bits per heavy atom. The van der Waals surface area contributed by atoms with Crippen LogP contribution < -0.4 is 15.5 Å². The molecule has 0 atom stereocenters. The molecule has 27 heavy (non-hydrogen) atoms. The van der Waals surface area contributed by atoms with E-state index < -0.39 is 0 Å². The van der Waals surface area contributed by atoms with Gasteiger partial charge in [0.2, 0.25) is 0 Å². The lowest BCUT2D eigenvalue weighted by Crippen LogP contribution is -2.36. The number of aliphatic imine (C=N–C) groups is 1. The van der Waals surface area contributed by atoms with E-state index >= 15 is 0 Å². The van der Waals surface area contributed by atoms with E-state index in [2.05, 4.69) is 88.1 Å². The van der Waals surface area contributed by atoms with Crippen molar-refractivity contribution >= 4 is 35.6 Å². The van der Waals surface area contributed by atoms with Gasteiger partial charge in [-0.05, 0) is 35.2 Å². The predicted molar refractivity (Wildman–Crippen MR) is 126 cm³/mol. The highest BCUT2D eigenvalue weighted by atomic mass is 127. The smallest absolute Gasteiger partial charge is 0.191 e. The Morgan fingerprint density at radius 2 is 1.67 bits per heavy atom. The van der Waals surface area contributed by atoms with Gasteiger partial charge in [-0.1, -0.05) is 55.5 Å². The lowest BCUT2D eigenvalue weighted by atomic mass is 10.1. The van der Waals surface area contributed by atoms with Crippen molar-refractivity contribution in [1.29, 1.82) is 0 Å². The minimum absolute atomic E-state index is 0. The van der Waals surface area contributed by atoms with Gasteiger partial charge in [0.25, 0.3) is 0 Å². The first-order chi connectivity index (χ1) is 12.8. The average Bonchev–Trinajstić information content (AvgIpc) is 3.23. The van der Waals surface area contributed by atoms with Gasteiger partial charge in [0.1, 0.15) is 0 Å². The minimum atomic E-state index is 0. The Kier molecular flexibility index (Phi) is 8.64. The molecule has 0 aromatic heterocycles. The molecular formula is C22H29IN4. The summed E-state index contributed by atoms with van der Waals surface area (Å²) in [5.74, 6) is 0.823. The van der Waals surface area contributed by atoms with Gasteiger partial charge in [0, 0.05) is 38.9 Å². The van der Waals surface area contributed by atoms with Crippen LogP contribution in [0.4, 0.5) is 5.69 Å². The molecule has 0 saturated heterocycles. The molecular weight excluding hydrogens is 447 g/mol. The SMILES string of the molecule is CCc1ccccc1CNC(=NC)NCc1cccc(N2CC=CC2)c1.I. The molecule has 1 aliphatic heterocycles. The molecule has 4 nitrogen and oxygen atoms in total. The number of benzene rings is 2. The summed E-state index contributed by atoms with van der Waals surface area (Å²) in [4.78, 5) is 6.71. The van der Waals surface area contributed by atoms with Crippen LogP contribution in [-0.2, 0) is 19.5 Å². The molecule has 0 amide bonds. The molecule has 2 aromatic rings. The van der Waals surface area contributed by atoms with Crippen molar-refractivity contribution in [2.45, 2.75) is 26.4 Å². The van der Waals surface area contributed by atoms with E-state index in [0.29, 0.717) is 0 Å². The number of aryl methyl sites for hydroxylation is 1. The predicted octanol–water partition coefficient (Wildman–Crippen LogP) is 4.11. The monoisotopic (exact) mass is 476 g/mol. The zero-order valence-electron chi connectivity index (χ0n) is 16.1. The third kappa shape index (κ3) is 5.99. The van der Waals surface area contributed by atoms with Gasteiger partial charge >= 0.3 is 0 Å². The van der Waals surface area contributed by atoms with Crippen LogP contribution in [0, 0.1) is 0 Å². The Bertz CT molecular complexity index is 777. The van der Waals surface area contributed by atoms with Crippen LogP contribution in [0.15, 0.2) is 65.7 Å². The molecule has 5 heteroatoms. The summed E-state index contributed by atoms with van der Waals surface area (Å²) in [7, 11) is 1.81. The molecule has 0 fully saturated rings. The minimum Gasteiger partial charge on any atom is -0.364 e. The molecule has 0 unspecified atom stereocenters. The number of guanidine groups is 1. The van der Waals surface area contributed by atoms with Crippen molar-refractivity contribution in [1.82, 2.24) is 10.6 Å². The molecule has 0 bridgehead atoms. The van der Waals surface area contributed by atoms with E-state index in [-0.39, 0.29) is 24.0 Å². The van der Waals surface area contributed by atoms with Crippen molar-refractivity contribution in [3.05, 3.63) is 77.4 Å². The van der Waals surface area contributed by atoms with E-state index in [1.54, 1.807) is 0 Å². The van der Waals surface area contributed by atoms with Crippen LogP contribution in [0.5, 0.6) is 0 Å². The topological polar surface area (TPSA) is 39.7 Å². The van der Waals surface area contributed by atoms with Crippen LogP contribution in [-0.4, -0.2) is 26.1 Å². The van der Waals surface area contributed by atoms with E-state index in [1.165, 1.54) is 22.4 Å². The largest absolute Gasteiger partial charge is 0.364 e. The van der Waals surface area contributed by atoms with Crippen molar-refractivity contribution in [2.24, 2.45) is 4.99 Å². The third-order valence-electron chi connectivity index (χ3n) is 4.72. The molecule has 2 N–H and O–H groups in total. The first kappa shape index (κ1) is 21.3. The molecule has 0 aliphatic carbocycles. The average molecular weight is 476 g/mol. The number of hydrogen-bond acceptors (Lipinski definition) is 2. The highest BCUT2D eigenvalue weighted by Crippen LogP contribution is 2.18. The summed E-state index contributed by atoms with van der Waals surface area (Å²) in [6.45, 7) is 5.72. The summed E-state index contributed by atoms with van der Waals surface area (Å²) in [6.07, 6.45) is 5.47. The van der Waals surface area contributed by atoms with Crippen molar-refractivity contribution in [2.75, 3.05) is 25.0 Å². The molecule has 0 radical (unpaired) electrons. The molecule has 3 rings (SSSR count). The number of nitrogens with one attached hydrogen (secondary N) is 2. The van der Waals surface area contributed by atoms with Gasteiger partial charge in [-0.3, -0.25) is 4.99 Å². The second-order valence-corrected chi connectivity index (χ2v) is 6.45. The Balaban J connectivity index is 0.00000261. The van der Waals surface area contributed by atoms with E-state index in [4.69, 9.17) is 0 Å². The van der Waals surface area contributed by atoms with E-state index in [9.17, 15) is 0 Å². The van der Waals surface area contributed by atoms with Gasteiger partial charge in [-0.15, -0.1) is 24.0 Å². The van der Waals surface area contributed by atoms with Crippen molar-refractivity contribution in [3.8, 4) is 0 Å². The molecule has 1 heterocycles. The lowest BCUT2D eigenvalue weighted by Gasteiger charge is -2.19. The Hall–Kier alpha value is -2.02. The zero-order chi connectivity index (χ0) is 18.2. The summed E-state index contributed by atoms with van der Waals surface area (Å²) in [5.41, 5.74) is 5.23. The van der Waals surface area contributed by atoms with Crippen molar-refractivity contribution < 1.29 is 0 Å². The fourth-order valence-electron chi connectivity index (χ4n) is 3.21. The first-order valence-electron chi connectivity index (χ1n) is 9.30. The number of rotatable bonds is 6. The van der Waals surface area contributed by atoms with Gasteiger partial charge in [0.15, 0.2) is 5.96 Å². The zero-order valence-corrected chi connectivity index (χ0v) is 18.4. The first-order valence-corrected chi connectivity index (χ1v) is 9.30. The summed E-state index contributed by atoms with van der Waals surface area (Å²) < 4.78 is 0. The molecule has 0 spiro atoms. The Labute approximate surface area is 179 Å². The second-order valence-electron chi connectivity index (χ2n) is 6.45. The van der Waals surface area contributed by atoms with Crippen LogP contribution in [0.3, 0.4) is 0 Å². The maximum atomic E-state index is 4.35. The van der Waals surface area contributed by atoms with Crippen LogP contribution in [0.1, 0.15) is 23.6 Å². The van der Waals surface area contributed by atoms with Crippen molar-refractivity contribution in [3.63, 3.8) is 0 Å². The number of anilines is 1. The summed E-state index contributed by atoms with van der Waals surface area (Å²) in [5, 5.41) is 6.83. The van der Waals surface area contributed by atoms with Gasteiger partial charge < -0.3 is 15.5 Å². The lowest BCUT2D eigenvalue weighted by molar-refractivity contribution is 0.802.